The van der Waals surface area contributed by atoms with Crippen molar-refractivity contribution >= 4 is 11.9 Å². The molecule has 130 valence electrons. The zero-order chi connectivity index (χ0) is 17.2. The highest BCUT2D eigenvalue weighted by atomic mass is 16.4. The summed E-state index contributed by atoms with van der Waals surface area (Å²) in [7, 11) is 0. The maximum atomic E-state index is 12.7. The summed E-state index contributed by atoms with van der Waals surface area (Å²) >= 11 is 0. The average Bonchev–Trinajstić information content (AvgIpc) is 2.57. The van der Waals surface area contributed by atoms with Gasteiger partial charge in [0.2, 0.25) is 5.91 Å². The van der Waals surface area contributed by atoms with Gasteiger partial charge in [-0.05, 0) is 36.7 Å². The molecule has 0 bridgehead atoms. The molecule has 1 aromatic carbocycles. The summed E-state index contributed by atoms with van der Waals surface area (Å²) in [6.45, 7) is 3.68. The van der Waals surface area contributed by atoms with E-state index in [4.69, 9.17) is 0 Å². The number of carbonyl (C=O) groups excluding carboxylic acids is 1. The number of hydrogen-bond donors (Lipinski definition) is 1. The van der Waals surface area contributed by atoms with Crippen LogP contribution in [0.1, 0.15) is 56.9 Å². The first-order valence-corrected chi connectivity index (χ1v) is 9.12. The van der Waals surface area contributed by atoms with Crippen LogP contribution in [0.25, 0.3) is 0 Å². The Balaban J connectivity index is 1.65. The van der Waals surface area contributed by atoms with Gasteiger partial charge in [-0.2, -0.15) is 0 Å². The minimum atomic E-state index is -0.798. The smallest absolute Gasteiger partial charge is 0.310 e. The van der Waals surface area contributed by atoms with Crippen LogP contribution in [-0.2, 0) is 9.59 Å². The molecule has 4 nitrogen and oxygen atoms in total. The summed E-state index contributed by atoms with van der Waals surface area (Å²) in [5.74, 6) is 0.181. The second-order valence-electron chi connectivity index (χ2n) is 7.43. The average molecular weight is 329 g/mol. The van der Waals surface area contributed by atoms with Crippen LogP contribution in [0.3, 0.4) is 0 Å². The molecule has 1 aliphatic heterocycles. The Morgan fingerprint density at radius 1 is 1.25 bits per heavy atom. The molecular weight excluding hydrogens is 302 g/mol. The molecule has 1 aliphatic carbocycles. The fourth-order valence-corrected chi connectivity index (χ4v) is 4.28. The summed E-state index contributed by atoms with van der Waals surface area (Å²) in [5.41, 5.74) is 0.576. The molecule has 2 fully saturated rings. The van der Waals surface area contributed by atoms with Crippen LogP contribution in [-0.4, -0.2) is 35.0 Å². The number of hydrogen-bond acceptors (Lipinski definition) is 2. The number of carboxylic acid groups (broad SMARTS) is 1. The first-order chi connectivity index (χ1) is 11.6. The molecular formula is C20H27NO3. The second-order valence-corrected chi connectivity index (χ2v) is 7.43. The summed E-state index contributed by atoms with van der Waals surface area (Å²) in [5, 5.41) is 9.45. The van der Waals surface area contributed by atoms with Crippen molar-refractivity contribution < 1.29 is 14.7 Å². The van der Waals surface area contributed by atoms with E-state index < -0.39 is 11.4 Å². The SMILES string of the molecule is CCC1CN(C(=O)CC2(C(=O)O)CCC2)CCC1c1ccccc1. The molecule has 1 saturated heterocycles. The molecule has 1 N–H and O–H groups in total. The Morgan fingerprint density at radius 2 is 1.96 bits per heavy atom. The van der Waals surface area contributed by atoms with Gasteiger partial charge in [-0.25, -0.2) is 0 Å². The predicted octanol–water partition coefficient (Wildman–Crippen LogP) is 3.67. The van der Waals surface area contributed by atoms with Crippen LogP contribution < -0.4 is 0 Å². The van der Waals surface area contributed by atoms with Crippen LogP contribution in [0.4, 0.5) is 0 Å². The lowest BCUT2D eigenvalue weighted by Gasteiger charge is -2.42. The van der Waals surface area contributed by atoms with Crippen molar-refractivity contribution in [3.05, 3.63) is 35.9 Å². The lowest BCUT2D eigenvalue weighted by atomic mass is 9.66. The highest BCUT2D eigenvalue weighted by Crippen LogP contribution is 2.45. The Labute approximate surface area is 143 Å². The lowest BCUT2D eigenvalue weighted by Crippen LogP contribution is -2.47. The molecule has 0 spiro atoms. The maximum absolute atomic E-state index is 12.7. The van der Waals surface area contributed by atoms with Crippen molar-refractivity contribution in [2.45, 2.75) is 51.4 Å². The summed E-state index contributed by atoms with van der Waals surface area (Å²) in [4.78, 5) is 26.1. The van der Waals surface area contributed by atoms with Crippen LogP contribution in [0.2, 0.25) is 0 Å². The molecule has 4 heteroatoms. The quantitative estimate of drug-likeness (QED) is 0.896. The molecule has 0 radical (unpaired) electrons. The standard InChI is InChI=1S/C20H27NO3/c1-2-15-14-21(12-9-17(15)16-7-4-3-5-8-16)18(22)13-20(19(23)24)10-6-11-20/h3-5,7-8,15,17H,2,6,9-14H2,1H3,(H,23,24). The maximum Gasteiger partial charge on any atom is 0.310 e. The van der Waals surface area contributed by atoms with Gasteiger partial charge < -0.3 is 10.0 Å². The highest BCUT2D eigenvalue weighted by molar-refractivity contribution is 5.85. The molecule has 24 heavy (non-hydrogen) atoms. The number of carbonyl (C=O) groups is 2. The van der Waals surface area contributed by atoms with Gasteiger partial charge in [-0.1, -0.05) is 50.1 Å². The van der Waals surface area contributed by atoms with Gasteiger partial charge in [-0.3, -0.25) is 9.59 Å². The van der Waals surface area contributed by atoms with Gasteiger partial charge in [0.1, 0.15) is 0 Å². The van der Waals surface area contributed by atoms with Crippen molar-refractivity contribution in [3.8, 4) is 0 Å². The van der Waals surface area contributed by atoms with Crippen LogP contribution in [0.5, 0.6) is 0 Å². The molecule has 1 amide bonds. The Hall–Kier alpha value is -1.84. The number of aliphatic carboxylic acids is 1. The van der Waals surface area contributed by atoms with Gasteiger partial charge in [0, 0.05) is 19.5 Å². The van der Waals surface area contributed by atoms with E-state index in [2.05, 4.69) is 31.2 Å². The topological polar surface area (TPSA) is 57.6 Å². The first kappa shape index (κ1) is 17.0. The lowest BCUT2D eigenvalue weighted by molar-refractivity contribution is -0.160. The fourth-order valence-electron chi connectivity index (χ4n) is 4.28. The number of benzene rings is 1. The number of rotatable bonds is 5. The van der Waals surface area contributed by atoms with Crippen molar-refractivity contribution in [1.82, 2.24) is 4.90 Å². The third kappa shape index (κ3) is 3.19. The Morgan fingerprint density at radius 3 is 2.50 bits per heavy atom. The van der Waals surface area contributed by atoms with E-state index in [1.54, 1.807) is 0 Å². The zero-order valence-electron chi connectivity index (χ0n) is 14.4. The van der Waals surface area contributed by atoms with Gasteiger partial charge in [-0.15, -0.1) is 0 Å². The third-order valence-corrected chi connectivity index (χ3v) is 6.09. The molecule has 1 aromatic rings. The van der Waals surface area contributed by atoms with Crippen molar-refractivity contribution in [2.24, 2.45) is 11.3 Å². The highest BCUT2D eigenvalue weighted by Gasteiger charge is 2.47. The molecule has 2 unspecified atom stereocenters. The fraction of sp³-hybridized carbons (Fsp3) is 0.600. The van der Waals surface area contributed by atoms with Gasteiger partial charge >= 0.3 is 5.97 Å². The summed E-state index contributed by atoms with van der Waals surface area (Å²) < 4.78 is 0. The van der Waals surface area contributed by atoms with Crippen LogP contribution >= 0.6 is 0 Å². The minimum Gasteiger partial charge on any atom is -0.481 e. The summed E-state index contributed by atoms with van der Waals surface area (Å²) in [6.07, 6.45) is 4.39. The number of amides is 1. The number of likely N-dealkylation sites (tertiary alicyclic amines) is 1. The first-order valence-electron chi connectivity index (χ1n) is 9.12. The van der Waals surface area contributed by atoms with E-state index in [0.29, 0.717) is 24.7 Å². The largest absolute Gasteiger partial charge is 0.481 e. The second kappa shape index (κ2) is 6.96. The minimum absolute atomic E-state index is 0.0297. The predicted molar refractivity (Wildman–Crippen MR) is 92.7 cm³/mol. The van der Waals surface area contributed by atoms with Crippen molar-refractivity contribution in [2.75, 3.05) is 13.1 Å². The van der Waals surface area contributed by atoms with E-state index >= 15 is 0 Å². The molecule has 1 heterocycles. The third-order valence-electron chi connectivity index (χ3n) is 6.09. The van der Waals surface area contributed by atoms with Crippen LogP contribution in [0.15, 0.2) is 30.3 Å². The number of nitrogens with zero attached hydrogens (tertiary/aromatic N) is 1. The Bertz CT molecular complexity index is 594. The van der Waals surface area contributed by atoms with E-state index in [-0.39, 0.29) is 12.3 Å². The number of piperidine rings is 1. The Kier molecular flexibility index (Phi) is 4.93. The molecule has 0 aromatic heterocycles. The van der Waals surface area contributed by atoms with E-state index in [1.165, 1.54) is 5.56 Å². The van der Waals surface area contributed by atoms with Crippen molar-refractivity contribution in [1.29, 1.82) is 0 Å². The number of carboxylic acids is 1. The monoisotopic (exact) mass is 329 g/mol. The van der Waals surface area contributed by atoms with Gasteiger partial charge in [0.15, 0.2) is 0 Å². The van der Waals surface area contributed by atoms with E-state index in [9.17, 15) is 14.7 Å². The van der Waals surface area contributed by atoms with Gasteiger partial charge in [0.25, 0.3) is 0 Å². The molecule has 2 aliphatic rings. The molecule has 1 saturated carbocycles. The summed E-state index contributed by atoms with van der Waals surface area (Å²) in [6, 6.07) is 10.5. The molecule has 2 atom stereocenters. The van der Waals surface area contributed by atoms with E-state index in [0.717, 1.165) is 32.4 Å². The zero-order valence-corrected chi connectivity index (χ0v) is 14.4. The normalized spacial score (nSPS) is 25.8. The van der Waals surface area contributed by atoms with E-state index in [1.807, 2.05) is 11.0 Å². The molecule has 3 rings (SSSR count). The van der Waals surface area contributed by atoms with Crippen LogP contribution in [0, 0.1) is 11.3 Å². The van der Waals surface area contributed by atoms with Gasteiger partial charge in [0.05, 0.1) is 5.41 Å². The van der Waals surface area contributed by atoms with Crippen molar-refractivity contribution in [3.63, 3.8) is 0 Å².